The van der Waals surface area contributed by atoms with Gasteiger partial charge in [-0.3, -0.25) is 9.59 Å². The summed E-state index contributed by atoms with van der Waals surface area (Å²) in [5.74, 6) is 0.711. The average molecular weight is 441 g/mol. The van der Waals surface area contributed by atoms with Crippen molar-refractivity contribution in [3.63, 3.8) is 0 Å². The zero-order chi connectivity index (χ0) is 20.1. The largest absolute Gasteiger partial charge is 0.467 e. The topological polar surface area (TPSA) is 62.6 Å². The van der Waals surface area contributed by atoms with Crippen molar-refractivity contribution in [2.75, 3.05) is 13.1 Å². The van der Waals surface area contributed by atoms with Crippen LogP contribution in [0.5, 0.6) is 0 Å². The second-order valence-electron chi connectivity index (χ2n) is 6.73. The summed E-state index contributed by atoms with van der Waals surface area (Å²) in [6, 6.07) is 8.85. The lowest BCUT2D eigenvalue weighted by Crippen LogP contribution is -2.45. The van der Waals surface area contributed by atoms with Crippen molar-refractivity contribution >= 4 is 46.8 Å². The Hall–Kier alpha value is -1.63. The van der Waals surface area contributed by atoms with Gasteiger partial charge in [0, 0.05) is 28.9 Å². The number of benzene rings is 1. The number of hydrogen-bond donors (Lipinski definition) is 1. The van der Waals surface area contributed by atoms with Crippen molar-refractivity contribution in [3.8, 4) is 0 Å². The second kappa shape index (κ2) is 9.72. The van der Waals surface area contributed by atoms with Crippen molar-refractivity contribution in [1.82, 2.24) is 10.2 Å². The summed E-state index contributed by atoms with van der Waals surface area (Å²) in [5, 5.41) is 3.80. The van der Waals surface area contributed by atoms with Gasteiger partial charge in [0.2, 0.25) is 11.8 Å². The van der Waals surface area contributed by atoms with E-state index in [0.717, 1.165) is 10.7 Å². The Morgan fingerprint density at radius 2 is 2.04 bits per heavy atom. The molecular weight excluding hydrogens is 419 g/mol. The number of halogens is 2. The molecule has 1 aromatic heterocycles. The maximum atomic E-state index is 12.8. The number of nitrogens with zero attached hydrogens (tertiary/aromatic N) is 1. The molecule has 2 amide bonds. The third kappa shape index (κ3) is 5.46. The number of hydrogen-bond acceptors (Lipinski definition) is 4. The maximum absolute atomic E-state index is 12.8. The molecule has 28 heavy (non-hydrogen) atoms. The minimum absolute atomic E-state index is 0.0108. The minimum atomic E-state index is -0.278. The molecule has 5 nitrogen and oxygen atoms in total. The molecule has 0 bridgehead atoms. The van der Waals surface area contributed by atoms with Gasteiger partial charge in [-0.05, 0) is 50.1 Å². The van der Waals surface area contributed by atoms with E-state index in [1.807, 2.05) is 17.9 Å². The number of piperidine rings is 1. The van der Waals surface area contributed by atoms with E-state index >= 15 is 0 Å². The first-order chi connectivity index (χ1) is 13.4. The molecule has 8 heteroatoms. The van der Waals surface area contributed by atoms with Crippen LogP contribution in [0.2, 0.25) is 10.0 Å². The average Bonchev–Trinajstić information content (AvgIpc) is 3.22. The molecule has 1 fully saturated rings. The number of carbonyl (C=O) groups excluding carboxylic acids is 2. The van der Waals surface area contributed by atoms with Gasteiger partial charge in [0.05, 0.1) is 23.1 Å². The molecular formula is C20H22Cl2N2O3S. The van der Waals surface area contributed by atoms with Crippen molar-refractivity contribution in [1.29, 1.82) is 0 Å². The molecule has 1 aliphatic heterocycles. The smallest absolute Gasteiger partial charge is 0.235 e. The Morgan fingerprint density at radius 1 is 1.29 bits per heavy atom. The van der Waals surface area contributed by atoms with Crippen molar-refractivity contribution in [2.24, 2.45) is 5.92 Å². The molecule has 150 valence electrons. The minimum Gasteiger partial charge on any atom is -0.467 e. The first-order valence-electron chi connectivity index (χ1n) is 9.14. The summed E-state index contributed by atoms with van der Waals surface area (Å²) in [6.45, 7) is 3.41. The highest BCUT2D eigenvalue weighted by molar-refractivity contribution is 8.00. The van der Waals surface area contributed by atoms with E-state index in [1.165, 1.54) is 11.8 Å². The predicted molar refractivity (Wildman–Crippen MR) is 112 cm³/mol. The van der Waals surface area contributed by atoms with Crippen LogP contribution in [-0.4, -0.2) is 35.1 Å². The number of thioether (sulfide) groups is 1. The third-order valence-electron chi connectivity index (χ3n) is 4.74. The van der Waals surface area contributed by atoms with E-state index in [1.54, 1.807) is 30.5 Å². The van der Waals surface area contributed by atoms with Crippen LogP contribution < -0.4 is 5.32 Å². The fourth-order valence-electron chi connectivity index (χ4n) is 3.16. The molecule has 0 aliphatic carbocycles. The lowest BCUT2D eigenvalue weighted by molar-refractivity contribution is -0.135. The van der Waals surface area contributed by atoms with E-state index < -0.39 is 0 Å². The van der Waals surface area contributed by atoms with Crippen molar-refractivity contribution in [2.45, 2.75) is 36.5 Å². The monoisotopic (exact) mass is 440 g/mol. The highest BCUT2D eigenvalue weighted by Gasteiger charge is 2.29. The van der Waals surface area contributed by atoms with Crippen LogP contribution in [0.15, 0.2) is 45.9 Å². The van der Waals surface area contributed by atoms with Gasteiger partial charge in [0.25, 0.3) is 0 Å². The van der Waals surface area contributed by atoms with Crippen LogP contribution in [0.1, 0.15) is 25.5 Å². The van der Waals surface area contributed by atoms with Crippen LogP contribution in [0.25, 0.3) is 0 Å². The Kier molecular flexibility index (Phi) is 7.32. The van der Waals surface area contributed by atoms with Crippen LogP contribution in [-0.2, 0) is 16.1 Å². The molecule has 1 N–H and O–H groups in total. The van der Waals surface area contributed by atoms with Gasteiger partial charge in [-0.1, -0.05) is 23.2 Å². The molecule has 1 saturated heterocycles. The van der Waals surface area contributed by atoms with Gasteiger partial charge in [0.15, 0.2) is 0 Å². The molecule has 1 unspecified atom stereocenters. The van der Waals surface area contributed by atoms with Gasteiger partial charge in [0.1, 0.15) is 5.76 Å². The van der Waals surface area contributed by atoms with Crippen molar-refractivity contribution in [3.05, 3.63) is 52.4 Å². The lowest BCUT2D eigenvalue weighted by Gasteiger charge is -2.33. The van der Waals surface area contributed by atoms with Crippen LogP contribution in [0, 0.1) is 5.92 Å². The highest BCUT2D eigenvalue weighted by Crippen LogP contribution is 2.33. The summed E-state index contributed by atoms with van der Waals surface area (Å²) >= 11 is 13.6. The molecule has 0 saturated carbocycles. The number of rotatable bonds is 6. The molecule has 1 aliphatic rings. The number of nitrogens with one attached hydrogen (secondary N) is 1. The zero-order valence-corrected chi connectivity index (χ0v) is 17.8. The van der Waals surface area contributed by atoms with Gasteiger partial charge in [-0.2, -0.15) is 0 Å². The molecule has 1 atom stereocenters. The van der Waals surface area contributed by atoms with E-state index in [2.05, 4.69) is 5.32 Å². The number of carbonyl (C=O) groups is 2. The Balaban J connectivity index is 1.47. The summed E-state index contributed by atoms with van der Waals surface area (Å²) in [4.78, 5) is 27.7. The van der Waals surface area contributed by atoms with Gasteiger partial charge < -0.3 is 14.6 Å². The maximum Gasteiger partial charge on any atom is 0.235 e. The summed E-state index contributed by atoms with van der Waals surface area (Å²) in [6.07, 6.45) is 2.90. The van der Waals surface area contributed by atoms with Gasteiger partial charge in [-0.15, -0.1) is 11.8 Å². The highest BCUT2D eigenvalue weighted by atomic mass is 35.5. The number of furan rings is 1. The van der Waals surface area contributed by atoms with Crippen LogP contribution in [0.4, 0.5) is 0 Å². The molecule has 3 rings (SSSR count). The standard InChI is InChI=1S/C20H22Cl2N2O3S/c1-13(28-18-11-15(21)4-5-17(18)22)20(26)24-8-6-14(7-9-24)19(25)23-12-16-3-2-10-27-16/h2-5,10-11,13-14H,6-9,12H2,1H3,(H,23,25). The summed E-state index contributed by atoms with van der Waals surface area (Å²) in [5.41, 5.74) is 0. The number of likely N-dealkylation sites (tertiary alicyclic amines) is 1. The Morgan fingerprint density at radius 3 is 2.71 bits per heavy atom. The summed E-state index contributed by atoms with van der Waals surface area (Å²) in [7, 11) is 0. The quantitative estimate of drug-likeness (QED) is 0.665. The van der Waals surface area contributed by atoms with Crippen molar-refractivity contribution < 1.29 is 14.0 Å². The molecule has 0 radical (unpaired) electrons. The summed E-state index contributed by atoms with van der Waals surface area (Å²) < 4.78 is 5.22. The Bertz CT molecular complexity index is 821. The molecule has 0 spiro atoms. The SMILES string of the molecule is CC(Sc1cc(Cl)ccc1Cl)C(=O)N1CCC(C(=O)NCc2ccco2)CC1. The van der Waals surface area contributed by atoms with E-state index in [0.29, 0.717) is 42.5 Å². The van der Waals surface area contributed by atoms with Gasteiger partial charge in [-0.25, -0.2) is 0 Å². The molecule has 2 heterocycles. The van der Waals surface area contributed by atoms with E-state index in [9.17, 15) is 9.59 Å². The van der Waals surface area contributed by atoms with Gasteiger partial charge >= 0.3 is 0 Å². The predicted octanol–water partition coefficient (Wildman–Crippen LogP) is 4.62. The van der Waals surface area contributed by atoms with E-state index in [-0.39, 0.29) is 23.0 Å². The number of amides is 2. The first kappa shape index (κ1) is 21.1. The normalized spacial score (nSPS) is 16.0. The van der Waals surface area contributed by atoms with Crippen LogP contribution in [0.3, 0.4) is 0 Å². The van der Waals surface area contributed by atoms with Crippen LogP contribution >= 0.6 is 35.0 Å². The fraction of sp³-hybridized carbons (Fsp3) is 0.400. The van der Waals surface area contributed by atoms with E-state index in [4.69, 9.17) is 27.6 Å². The molecule has 2 aromatic rings. The first-order valence-corrected chi connectivity index (χ1v) is 10.8. The fourth-order valence-corrected chi connectivity index (χ4v) is 4.65. The molecule has 1 aromatic carbocycles. The zero-order valence-electron chi connectivity index (χ0n) is 15.5. The lowest BCUT2D eigenvalue weighted by atomic mass is 9.95. The Labute approximate surface area is 178 Å². The second-order valence-corrected chi connectivity index (χ2v) is 8.96. The third-order valence-corrected chi connectivity index (χ3v) is 6.56.